The molecule has 0 saturated carbocycles. The zero-order chi connectivity index (χ0) is 10.7. The van der Waals surface area contributed by atoms with Gasteiger partial charge >= 0.3 is 12.0 Å². The van der Waals surface area contributed by atoms with E-state index in [0.29, 0.717) is 0 Å². The van der Waals surface area contributed by atoms with Gasteiger partial charge in [-0.3, -0.25) is 0 Å². The van der Waals surface area contributed by atoms with Gasteiger partial charge in [-0.2, -0.15) is 18.7 Å². The van der Waals surface area contributed by atoms with E-state index in [9.17, 15) is 8.78 Å². The molecule has 0 spiro atoms. The predicted molar refractivity (Wildman–Crippen MR) is 44.1 cm³/mol. The molecule has 0 N–H and O–H groups in total. The Hall–Kier alpha value is -2.18. The standard InChI is InChI=1S/C8H4F2N4O/c9-5-1-3-11-7(13-5)15-8-12-4-2-6(10)14-8/h1-4H. The second kappa shape index (κ2) is 3.91. The van der Waals surface area contributed by atoms with Crippen molar-refractivity contribution in [1.29, 1.82) is 0 Å². The maximum Gasteiger partial charge on any atom is 0.327 e. The van der Waals surface area contributed by atoms with Crippen LogP contribution in [0, 0.1) is 11.9 Å². The third kappa shape index (κ3) is 2.39. The van der Waals surface area contributed by atoms with Gasteiger partial charge < -0.3 is 4.74 Å². The minimum absolute atomic E-state index is 0.277. The molecule has 0 fully saturated rings. The van der Waals surface area contributed by atoms with E-state index in [0.717, 1.165) is 24.5 Å². The molecule has 0 radical (unpaired) electrons. The van der Waals surface area contributed by atoms with Crippen LogP contribution in [0.4, 0.5) is 8.78 Å². The first-order valence-corrected chi connectivity index (χ1v) is 3.89. The van der Waals surface area contributed by atoms with Crippen LogP contribution in [-0.2, 0) is 0 Å². The minimum Gasteiger partial charge on any atom is -0.388 e. The van der Waals surface area contributed by atoms with Gasteiger partial charge in [0.2, 0.25) is 11.9 Å². The Morgan fingerprint density at radius 3 is 1.73 bits per heavy atom. The molecule has 0 aliphatic rings. The highest BCUT2D eigenvalue weighted by atomic mass is 19.1. The summed E-state index contributed by atoms with van der Waals surface area (Å²) in [7, 11) is 0. The van der Waals surface area contributed by atoms with Crippen molar-refractivity contribution in [1.82, 2.24) is 19.9 Å². The smallest absolute Gasteiger partial charge is 0.327 e. The lowest BCUT2D eigenvalue weighted by Gasteiger charge is -1.99. The van der Waals surface area contributed by atoms with E-state index in [1.807, 2.05) is 0 Å². The molecule has 0 atom stereocenters. The van der Waals surface area contributed by atoms with Gasteiger partial charge in [-0.25, -0.2) is 9.97 Å². The second-order valence-corrected chi connectivity index (χ2v) is 2.43. The number of halogens is 2. The average Bonchev–Trinajstić information content (AvgIpc) is 2.17. The summed E-state index contributed by atoms with van der Waals surface area (Å²) >= 11 is 0. The van der Waals surface area contributed by atoms with Crippen LogP contribution in [0.1, 0.15) is 0 Å². The summed E-state index contributed by atoms with van der Waals surface area (Å²) in [5.41, 5.74) is 0. The van der Waals surface area contributed by atoms with Gasteiger partial charge in [0.25, 0.3) is 0 Å². The van der Waals surface area contributed by atoms with Crippen molar-refractivity contribution in [3.05, 3.63) is 36.4 Å². The Kier molecular flexibility index (Phi) is 2.44. The zero-order valence-electron chi connectivity index (χ0n) is 7.26. The Bertz CT molecular complexity index is 436. The highest BCUT2D eigenvalue weighted by molar-refractivity contribution is 5.04. The number of aromatic nitrogens is 4. The maximum atomic E-state index is 12.6. The fraction of sp³-hybridized carbons (Fsp3) is 0. The van der Waals surface area contributed by atoms with Crippen molar-refractivity contribution in [2.24, 2.45) is 0 Å². The molecule has 0 amide bonds. The van der Waals surface area contributed by atoms with Crippen LogP contribution in [0.25, 0.3) is 0 Å². The van der Waals surface area contributed by atoms with Crippen molar-refractivity contribution in [2.45, 2.75) is 0 Å². The van der Waals surface area contributed by atoms with Crippen molar-refractivity contribution in [2.75, 3.05) is 0 Å². The van der Waals surface area contributed by atoms with Gasteiger partial charge in [-0.15, -0.1) is 0 Å². The molecule has 0 saturated heterocycles. The number of hydrogen-bond donors (Lipinski definition) is 0. The third-order valence-corrected chi connectivity index (χ3v) is 1.38. The normalized spacial score (nSPS) is 10.0. The predicted octanol–water partition coefficient (Wildman–Crippen LogP) is 1.34. The fourth-order valence-corrected chi connectivity index (χ4v) is 0.820. The van der Waals surface area contributed by atoms with Crippen molar-refractivity contribution >= 4 is 0 Å². The first-order chi connectivity index (χ1) is 7.24. The van der Waals surface area contributed by atoms with E-state index in [4.69, 9.17) is 4.74 Å². The molecule has 7 heteroatoms. The summed E-state index contributed by atoms with van der Waals surface area (Å²) in [5, 5.41) is 0. The van der Waals surface area contributed by atoms with Gasteiger partial charge in [0.05, 0.1) is 0 Å². The Labute approximate surface area is 82.8 Å². The minimum atomic E-state index is -0.753. The van der Waals surface area contributed by atoms with Crippen LogP contribution in [0.15, 0.2) is 24.5 Å². The van der Waals surface area contributed by atoms with E-state index in [1.165, 1.54) is 0 Å². The Morgan fingerprint density at radius 1 is 0.867 bits per heavy atom. The van der Waals surface area contributed by atoms with E-state index in [2.05, 4.69) is 19.9 Å². The molecule has 15 heavy (non-hydrogen) atoms. The largest absolute Gasteiger partial charge is 0.388 e. The van der Waals surface area contributed by atoms with Gasteiger partial charge in [0, 0.05) is 24.5 Å². The number of nitrogens with zero attached hydrogens (tertiary/aromatic N) is 4. The molecule has 0 bridgehead atoms. The summed E-state index contributed by atoms with van der Waals surface area (Å²) in [6.07, 6.45) is 2.33. The van der Waals surface area contributed by atoms with Crippen LogP contribution >= 0.6 is 0 Å². The lowest BCUT2D eigenvalue weighted by molar-refractivity contribution is 0.384. The highest BCUT2D eigenvalue weighted by Gasteiger charge is 2.04. The molecule has 2 heterocycles. The molecule has 2 rings (SSSR count). The summed E-state index contributed by atoms with van der Waals surface area (Å²) in [6, 6.07) is 1.56. The van der Waals surface area contributed by atoms with E-state index in [-0.39, 0.29) is 12.0 Å². The SMILES string of the molecule is Fc1ccnc(Oc2nccc(F)n2)n1. The molecule has 2 aromatic rings. The molecule has 0 aliphatic carbocycles. The van der Waals surface area contributed by atoms with Crippen LogP contribution in [0.2, 0.25) is 0 Å². The maximum absolute atomic E-state index is 12.6. The molecular weight excluding hydrogens is 206 g/mol. The summed E-state index contributed by atoms with van der Waals surface area (Å²) < 4.78 is 30.0. The number of ether oxygens (including phenoxy) is 1. The highest BCUT2D eigenvalue weighted by Crippen LogP contribution is 2.11. The Balaban J connectivity index is 2.22. The first kappa shape index (κ1) is 9.38. The van der Waals surface area contributed by atoms with E-state index >= 15 is 0 Å². The molecule has 5 nitrogen and oxygen atoms in total. The van der Waals surface area contributed by atoms with Gasteiger partial charge in [-0.1, -0.05) is 0 Å². The summed E-state index contributed by atoms with van der Waals surface area (Å²) in [6.45, 7) is 0. The molecule has 2 aromatic heterocycles. The monoisotopic (exact) mass is 210 g/mol. The number of hydrogen-bond acceptors (Lipinski definition) is 5. The van der Waals surface area contributed by atoms with Gasteiger partial charge in [-0.05, 0) is 0 Å². The molecule has 0 unspecified atom stereocenters. The third-order valence-electron chi connectivity index (χ3n) is 1.38. The molecule has 76 valence electrons. The average molecular weight is 210 g/mol. The summed E-state index contributed by atoms with van der Waals surface area (Å²) in [4.78, 5) is 13.8. The quantitative estimate of drug-likeness (QED) is 0.700. The van der Waals surface area contributed by atoms with E-state index in [1.54, 1.807) is 0 Å². The van der Waals surface area contributed by atoms with Gasteiger partial charge in [0.15, 0.2) is 0 Å². The van der Waals surface area contributed by atoms with Crippen molar-refractivity contribution in [3.63, 3.8) is 0 Å². The molecule has 0 aliphatic heterocycles. The van der Waals surface area contributed by atoms with Gasteiger partial charge in [0.1, 0.15) is 0 Å². The molecular formula is C8H4F2N4O. The van der Waals surface area contributed by atoms with Crippen LogP contribution < -0.4 is 4.74 Å². The van der Waals surface area contributed by atoms with Crippen LogP contribution in [0.5, 0.6) is 12.0 Å². The fourth-order valence-electron chi connectivity index (χ4n) is 0.820. The topological polar surface area (TPSA) is 60.8 Å². The number of rotatable bonds is 2. The van der Waals surface area contributed by atoms with Crippen molar-refractivity contribution in [3.8, 4) is 12.0 Å². The lowest BCUT2D eigenvalue weighted by Crippen LogP contribution is -1.97. The lowest BCUT2D eigenvalue weighted by atomic mass is 10.6. The van der Waals surface area contributed by atoms with Crippen LogP contribution in [0.3, 0.4) is 0 Å². The second-order valence-electron chi connectivity index (χ2n) is 2.43. The Morgan fingerprint density at radius 2 is 1.33 bits per heavy atom. The molecule has 0 aromatic carbocycles. The summed E-state index contributed by atoms with van der Waals surface area (Å²) in [5.74, 6) is -1.51. The first-order valence-electron chi connectivity index (χ1n) is 3.89. The zero-order valence-corrected chi connectivity index (χ0v) is 7.26. The van der Waals surface area contributed by atoms with Crippen LogP contribution in [-0.4, -0.2) is 19.9 Å². The van der Waals surface area contributed by atoms with Crippen molar-refractivity contribution < 1.29 is 13.5 Å². The van der Waals surface area contributed by atoms with E-state index < -0.39 is 11.9 Å².